The SMILES string of the molecule is CS(=O)(=O)C1CSCCN1S(=O)(=O)c1ccc(Br)cc1. The van der Waals surface area contributed by atoms with Gasteiger partial charge >= 0.3 is 0 Å². The van der Waals surface area contributed by atoms with E-state index in [0.717, 1.165) is 15.0 Å². The third kappa shape index (κ3) is 3.38. The molecule has 1 fully saturated rings. The van der Waals surface area contributed by atoms with E-state index in [0.29, 0.717) is 5.75 Å². The van der Waals surface area contributed by atoms with E-state index in [1.54, 1.807) is 12.1 Å². The van der Waals surface area contributed by atoms with Gasteiger partial charge in [0.15, 0.2) is 9.84 Å². The Morgan fingerprint density at radius 1 is 1.20 bits per heavy atom. The molecule has 5 nitrogen and oxygen atoms in total. The molecule has 0 radical (unpaired) electrons. The Labute approximate surface area is 131 Å². The Morgan fingerprint density at radius 3 is 2.35 bits per heavy atom. The number of halogens is 1. The lowest BCUT2D eigenvalue weighted by Crippen LogP contribution is -2.49. The Balaban J connectivity index is 2.43. The van der Waals surface area contributed by atoms with E-state index < -0.39 is 25.2 Å². The second kappa shape index (κ2) is 5.96. The molecular formula is C11H14BrNO4S3. The van der Waals surface area contributed by atoms with Gasteiger partial charge in [-0.15, -0.1) is 0 Å². The summed E-state index contributed by atoms with van der Waals surface area (Å²) in [4.78, 5) is 0.112. The molecule has 0 N–H and O–H groups in total. The molecular weight excluding hydrogens is 386 g/mol. The first-order valence-electron chi connectivity index (χ1n) is 5.77. The Bertz CT molecular complexity index is 685. The van der Waals surface area contributed by atoms with E-state index in [2.05, 4.69) is 15.9 Å². The second-order valence-electron chi connectivity index (χ2n) is 4.43. The molecule has 0 spiro atoms. The van der Waals surface area contributed by atoms with E-state index in [4.69, 9.17) is 0 Å². The molecule has 1 aliphatic rings. The monoisotopic (exact) mass is 399 g/mol. The van der Waals surface area contributed by atoms with Crippen molar-refractivity contribution in [2.45, 2.75) is 10.3 Å². The van der Waals surface area contributed by atoms with Gasteiger partial charge in [-0.3, -0.25) is 0 Å². The summed E-state index contributed by atoms with van der Waals surface area (Å²) >= 11 is 4.70. The zero-order valence-corrected chi connectivity index (χ0v) is 14.7. The molecule has 0 saturated carbocycles. The summed E-state index contributed by atoms with van der Waals surface area (Å²) in [7, 11) is -7.25. The molecule has 1 aliphatic heterocycles. The third-order valence-electron chi connectivity index (χ3n) is 2.95. The van der Waals surface area contributed by atoms with Gasteiger partial charge in [0.1, 0.15) is 5.37 Å². The van der Waals surface area contributed by atoms with Crippen LogP contribution >= 0.6 is 27.7 Å². The topological polar surface area (TPSA) is 71.5 Å². The number of thioether (sulfide) groups is 1. The third-order valence-corrected chi connectivity index (χ3v) is 8.18. The average molecular weight is 400 g/mol. The summed E-state index contributed by atoms with van der Waals surface area (Å²) < 4.78 is 50.7. The van der Waals surface area contributed by atoms with E-state index >= 15 is 0 Å². The van der Waals surface area contributed by atoms with Gasteiger partial charge in [0.25, 0.3) is 0 Å². The highest BCUT2D eigenvalue weighted by Gasteiger charge is 2.39. The quantitative estimate of drug-likeness (QED) is 0.770. The van der Waals surface area contributed by atoms with E-state index in [1.165, 1.54) is 23.9 Å². The molecule has 112 valence electrons. The van der Waals surface area contributed by atoms with Crippen LogP contribution in [-0.2, 0) is 19.9 Å². The van der Waals surface area contributed by atoms with Crippen molar-refractivity contribution in [1.29, 1.82) is 0 Å². The second-order valence-corrected chi connectivity index (χ2v) is 10.6. The molecule has 1 aromatic carbocycles. The predicted molar refractivity (Wildman–Crippen MR) is 84.0 cm³/mol. The minimum atomic E-state index is -3.79. The lowest BCUT2D eigenvalue weighted by molar-refractivity contribution is 0.405. The highest BCUT2D eigenvalue weighted by molar-refractivity contribution is 9.10. The van der Waals surface area contributed by atoms with Gasteiger partial charge in [0.2, 0.25) is 10.0 Å². The first kappa shape index (κ1) is 16.3. The fraction of sp³-hybridized carbons (Fsp3) is 0.455. The van der Waals surface area contributed by atoms with Crippen molar-refractivity contribution in [3.05, 3.63) is 28.7 Å². The number of benzene rings is 1. The van der Waals surface area contributed by atoms with Crippen LogP contribution in [0.3, 0.4) is 0 Å². The number of rotatable bonds is 3. The van der Waals surface area contributed by atoms with Gasteiger partial charge in [0.05, 0.1) is 4.90 Å². The van der Waals surface area contributed by atoms with Crippen LogP contribution in [0.15, 0.2) is 33.6 Å². The van der Waals surface area contributed by atoms with Crippen molar-refractivity contribution >= 4 is 47.6 Å². The molecule has 1 aromatic rings. The van der Waals surface area contributed by atoms with Crippen molar-refractivity contribution in [1.82, 2.24) is 4.31 Å². The van der Waals surface area contributed by atoms with Gasteiger partial charge < -0.3 is 0 Å². The molecule has 1 heterocycles. The van der Waals surface area contributed by atoms with Gasteiger partial charge in [-0.05, 0) is 24.3 Å². The molecule has 0 aliphatic carbocycles. The molecule has 2 rings (SSSR count). The zero-order valence-electron chi connectivity index (χ0n) is 10.7. The summed E-state index contributed by atoms with van der Waals surface area (Å²) in [6.45, 7) is 0.209. The molecule has 1 saturated heterocycles. The minimum absolute atomic E-state index is 0.112. The standard InChI is InChI=1S/C11H14BrNO4S3/c1-19(14,15)11-8-18-7-6-13(11)20(16,17)10-4-2-9(12)3-5-10/h2-5,11H,6-8H2,1H3. The summed E-state index contributed by atoms with van der Waals surface area (Å²) in [5, 5.41) is -0.991. The lowest BCUT2D eigenvalue weighted by atomic mass is 10.4. The van der Waals surface area contributed by atoms with E-state index in [-0.39, 0.29) is 17.2 Å². The Kier molecular flexibility index (Phi) is 4.85. The lowest BCUT2D eigenvalue weighted by Gasteiger charge is -2.32. The van der Waals surface area contributed by atoms with Crippen molar-refractivity contribution in [3.63, 3.8) is 0 Å². The van der Waals surface area contributed by atoms with Crippen LogP contribution in [0.25, 0.3) is 0 Å². The highest BCUT2D eigenvalue weighted by Crippen LogP contribution is 2.27. The van der Waals surface area contributed by atoms with Crippen LogP contribution in [-0.4, -0.2) is 50.8 Å². The van der Waals surface area contributed by atoms with Crippen molar-refractivity contribution < 1.29 is 16.8 Å². The largest absolute Gasteiger partial charge is 0.244 e. The Morgan fingerprint density at radius 2 is 1.80 bits per heavy atom. The van der Waals surface area contributed by atoms with Crippen molar-refractivity contribution in [2.75, 3.05) is 24.3 Å². The molecule has 1 atom stereocenters. The van der Waals surface area contributed by atoms with Gasteiger partial charge in [0, 0.05) is 28.8 Å². The normalized spacial score (nSPS) is 21.8. The average Bonchev–Trinajstić information content (AvgIpc) is 2.38. The van der Waals surface area contributed by atoms with Gasteiger partial charge in [-0.25, -0.2) is 16.8 Å². The van der Waals surface area contributed by atoms with Gasteiger partial charge in [-0.2, -0.15) is 16.1 Å². The minimum Gasteiger partial charge on any atom is -0.227 e. The number of nitrogens with zero attached hydrogens (tertiary/aromatic N) is 1. The van der Waals surface area contributed by atoms with Crippen LogP contribution in [0.4, 0.5) is 0 Å². The molecule has 20 heavy (non-hydrogen) atoms. The maximum absolute atomic E-state index is 12.6. The summed E-state index contributed by atoms with van der Waals surface area (Å²) in [6.07, 6.45) is 1.08. The van der Waals surface area contributed by atoms with E-state index in [1.807, 2.05) is 0 Å². The summed E-state index contributed by atoms with van der Waals surface area (Å²) in [5.74, 6) is 0.871. The van der Waals surface area contributed by atoms with Crippen LogP contribution < -0.4 is 0 Å². The summed E-state index contributed by atoms with van der Waals surface area (Å²) in [5.41, 5.74) is 0. The molecule has 0 aromatic heterocycles. The van der Waals surface area contributed by atoms with Crippen LogP contribution in [0, 0.1) is 0 Å². The molecule has 0 amide bonds. The maximum Gasteiger partial charge on any atom is 0.244 e. The zero-order chi connectivity index (χ0) is 15.0. The number of hydrogen-bond donors (Lipinski definition) is 0. The molecule has 1 unspecified atom stereocenters. The predicted octanol–water partition coefficient (Wildman–Crippen LogP) is 1.56. The number of sulfonamides is 1. The number of sulfone groups is 1. The van der Waals surface area contributed by atoms with Crippen LogP contribution in [0.1, 0.15) is 0 Å². The van der Waals surface area contributed by atoms with Crippen LogP contribution in [0.2, 0.25) is 0 Å². The first-order valence-corrected chi connectivity index (χ1v) is 11.1. The van der Waals surface area contributed by atoms with E-state index in [9.17, 15) is 16.8 Å². The molecule has 9 heteroatoms. The highest BCUT2D eigenvalue weighted by atomic mass is 79.9. The fourth-order valence-corrected chi connectivity index (χ4v) is 7.35. The molecule has 0 bridgehead atoms. The van der Waals surface area contributed by atoms with Gasteiger partial charge in [-0.1, -0.05) is 15.9 Å². The smallest absolute Gasteiger partial charge is 0.227 e. The maximum atomic E-state index is 12.6. The fourth-order valence-electron chi connectivity index (χ4n) is 1.92. The Hall–Kier alpha value is -0.0900. The summed E-state index contributed by atoms with van der Waals surface area (Å²) in [6, 6.07) is 6.20. The van der Waals surface area contributed by atoms with Crippen LogP contribution in [0.5, 0.6) is 0 Å². The number of hydrogen-bond acceptors (Lipinski definition) is 5. The van der Waals surface area contributed by atoms with Crippen molar-refractivity contribution in [2.24, 2.45) is 0 Å². The van der Waals surface area contributed by atoms with Crippen molar-refractivity contribution in [3.8, 4) is 0 Å². The first-order chi connectivity index (χ1) is 9.23.